The lowest BCUT2D eigenvalue weighted by molar-refractivity contribution is 0.0738. The molecule has 1 aromatic carbocycles. The van der Waals surface area contributed by atoms with Crippen molar-refractivity contribution in [2.45, 2.75) is 24.2 Å². The number of sulfonamides is 1. The van der Waals surface area contributed by atoms with Crippen LogP contribution < -0.4 is 4.74 Å². The summed E-state index contributed by atoms with van der Waals surface area (Å²) < 4.78 is 38.0. The van der Waals surface area contributed by atoms with Crippen LogP contribution >= 0.6 is 0 Å². The summed E-state index contributed by atoms with van der Waals surface area (Å²) in [7, 11) is -0.233. The van der Waals surface area contributed by atoms with Gasteiger partial charge in [0.15, 0.2) is 0 Å². The molecular weight excluding hydrogens is 302 g/mol. The van der Waals surface area contributed by atoms with E-state index >= 15 is 0 Å². The zero-order valence-corrected chi connectivity index (χ0v) is 13.9. The molecule has 0 spiro atoms. The van der Waals surface area contributed by atoms with Gasteiger partial charge >= 0.3 is 0 Å². The highest BCUT2D eigenvalue weighted by molar-refractivity contribution is 7.89. The van der Waals surface area contributed by atoms with E-state index < -0.39 is 10.0 Å². The Kier molecular flexibility index (Phi) is 4.18. The second-order valence-electron chi connectivity index (χ2n) is 6.36. The molecule has 3 rings (SSSR count). The summed E-state index contributed by atoms with van der Waals surface area (Å²) in [5, 5.41) is 0. The topological polar surface area (TPSA) is 55.8 Å². The van der Waals surface area contributed by atoms with Crippen LogP contribution in [0.25, 0.3) is 0 Å². The third kappa shape index (κ3) is 2.53. The van der Waals surface area contributed by atoms with Crippen molar-refractivity contribution in [2.24, 2.45) is 11.3 Å². The van der Waals surface area contributed by atoms with E-state index in [1.807, 2.05) is 0 Å². The maximum atomic E-state index is 12.9. The predicted molar refractivity (Wildman–Crippen MR) is 83.4 cm³/mol. The minimum atomic E-state index is -3.47. The van der Waals surface area contributed by atoms with Crippen LogP contribution in [0.3, 0.4) is 0 Å². The lowest BCUT2D eigenvalue weighted by Gasteiger charge is -2.27. The number of rotatable bonds is 5. The Labute approximate surface area is 132 Å². The summed E-state index contributed by atoms with van der Waals surface area (Å²) in [6.45, 7) is 1.80. The van der Waals surface area contributed by atoms with Gasteiger partial charge in [0.05, 0.1) is 18.6 Å². The van der Waals surface area contributed by atoms with Crippen LogP contribution in [0.1, 0.15) is 19.3 Å². The van der Waals surface area contributed by atoms with E-state index in [1.54, 1.807) is 42.8 Å². The van der Waals surface area contributed by atoms with Gasteiger partial charge in [-0.3, -0.25) is 0 Å². The van der Waals surface area contributed by atoms with Gasteiger partial charge < -0.3 is 9.47 Å². The van der Waals surface area contributed by atoms with Crippen molar-refractivity contribution in [3.8, 4) is 5.75 Å². The quantitative estimate of drug-likeness (QED) is 0.832. The van der Waals surface area contributed by atoms with E-state index in [-0.39, 0.29) is 5.41 Å². The lowest BCUT2D eigenvalue weighted by atomic mass is 9.82. The molecule has 22 heavy (non-hydrogen) atoms. The Morgan fingerprint density at radius 2 is 2.18 bits per heavy atom. The number of hydrogen-bond donors (Lipinski definition) is 0. The number of hydrogen-bond acceptors (Lipinski definition) is 4. The van der Waals surface area contributed by atoms with Gasteiger partial charge in [0.25, 0.3) is 0 Å². The monoisotopic (exact) mass is 325 g/mol. The Balaban J connectivity index is 1.88. The summed E-state index contributed by atoms with van der Waals surface area (Å²) in [5.74, 6) is 0.972. The first kappa shape index (κ1) is 15.8. The molecule has 5 nitrogen and oxygen atoms in total. The highest BCUT2D eigenvalue weighted by Crippen LogP contribution is 2.50. The summed E-state index contributed by atoms with van der Waals surface area (Å²) in [6.07, 6.45) is 3.31. The molecule has 2 atom stereocenters. The molecule has 6 heteroatoms. The lowest BCUT2D eigenvalue weighted by Crippen LogP contribution is -2.34. The normalized spacial score (nSPS) is 28.7. The second-order valence-corrected chi connectivity index (χ2v) is 8.30. The van der Waals surface area contributed by atoms with Crippen molar-refractivity contribution in [3.05, 3.63) is 24.3 Å². The van der Waals surface area contributed by atoms with Crippen molar-refractivity contribution < 1.29 is 17.9 Å². The molecule has 0 N–H and O–H groups in total. The number of nitrogens with zero attached hydrogens (tertiary/aromatic N) is 1. The minimum Gasteiger partial charge on any atom is -0.497 e. The molecule has 0 amide bonds. The van der Waals surface area contributed by atoms with Gasteiger partial charge in [0.1, 0.15) is 5.75 Å². The standard InChI is InChI=1S/C16H23NO4S/c1-20-12-16-8-4-5-13(16)10-17(11-16)22(18,19)15-7-3-6-14(9-15)21-2/h3,6-7,9,13H,4-5,8,10-12H2,1-2H3/t13-,16+/m0/s1. The van der Waals surface area contributed by atoms with E-state index in [9.17, 15) is 8.42 Å². The first-order valence-corrected chi connectivity index (χ1v) is 9.09. The minimum absolute atomic E-state index is 0.000681. The molecule has 1 aromatic rings. The number of benzene rings is 1. The van der Waals surface area contributed by atoms with E-state index in [2.05, 4.69) is 0 Å². The van der Waals surface area contributed by atoms with Crippen LogP contribution in [0.2, 0.25) is 0 Å². The third-order valence-electron chi connectivity index (χ3n) is 5.12. The highest BCUT2D eigenvalue weighted by Gasteiger charge is 2.52. The molecule has 0 bridgehead atoms. The average molecular weight is 325 g/mol. The van der Waals surface area contributed by atoms with Crippen LogP contribution in [0.5, 0.6) is 5.75 Å². The van der Waals surface area contributed by atoms with Crippen LogP contribution in [0.4, 0.5) is 0 Å². The van der Waals surface area contributed by atoms with Gasteiger partial charge in [-0.15, -0.1) is 0 Å². The fourth-order valence-corrected chi connectivity index (χ4v) is 5.60. The maximum Gasteiger partial charge on any atom is 0.243 e. The molecule has 1 aliphatic heterocycles. The van der Waals surface area contributed by atoms with Crippen LogP contribution in [0.15, 0.2) is 29.2 Å². The van der Waals surface area contributed by atoms with E-state index in [0.29, 0.717) is 36.3 Å². The Morgan fingerprint density at radius 3 is 2.91 bits per heavy atom. The van der Waals surface area contributed by atoms with Crippen molar-refractivity contribution in [3.63, 3.8) is 0 Å². The van der Waals surface area contributed by atoms with Crippen molar-refractivity contribution in [1.29, 1.82) is 0 Å². The first-order chi connectivity index (χ1) is 10.5. The van der Waals surface area contributed by atoms with Gasteiger partial charge in [-0.25, -0.2) is 8.42 Å². The summed E-state index contributed by atoms with van der Waals surface area (Å²) in [6, 6.07) is 6.69. The second kappa shape index (κ2) is 5.83. The molecule has 0 aromatic heterocycles. The van der Waals surface area contributed by atoms with E-state index in [4.69, 9.17) is 9.47 Å². The smallest absolute Gasteiger partial charge is 0.243 e. The molecule has 0 radical (unpaired) electrons. The summed E-state index contributed by atoms with van der Waals surface area (Å²) in [4.78, 5) is 0.305. The molecule has 1 aliphatic carbocycles. The molecule has 1 saturated heterocycles. The summed E-state index contributed by atoms with van der Waals surface area (Å²) in [5.41, 5.74) is 0.000681. The zero-order valence-electron chi connectivity index (χ0n) is 13.1. The van der Waals surface area contributed by atoms with Gasteiger partial charge in [0.2, 0.25) is 10.0 Å². The number of fused-ring (bicyclic) bond motifs is 1. The molecule has 1 heterocycles. The van der Waals surface area contributed by atoms with Crippen molar-refractivity contribution in [1.82, 2.24) is 4.31 Å². The van der Waals surface area contributed by atoms with Gasteiger partial charge in [-0.2, -0.15) is 4.31 Å². The summed E-state index contributed by atoms with van der Waals surface area (Å²) >= 11 is 0. The van der Waals surface area contributed by atoms with E-state index in [0.717, 1.165) is 12.8 Å². The Morgan fingerprint density at radius 1 is 1.36 bits per heavy atom. The fraction of sp³-hybridized carbons (Fsp3) is 0.625. The third-order valence-corrected chi connectivity index (χ3v) is 6.93. The van der Waals surface area contributed by atoms with Crippen LogP contribution in [-0.2, 0) is 14.8 Å². The van der Waals surface area contributed by atoms with Crippen molar-refractivity contribution in [2.75, 3.05) is 33.9 Å². The Hall–Kier alpha value is -1.11. The van der Waals surface area contributed by atoms with Gasteiger partial charge in [-0.1, -0.05) is 12.5 Å². The van der Waals surface area contributed by atoms with Gasteiger partial charge in [0, 0.05) is 31.7 Å². The van der Waals surface area contributed by atoms with Crippen LogP contribution in [-0.4, -0.2) is 46.6 Å². The zero-order chi connectivity index (χ0) is 15.8. The molecule has 0 unspecified atom stereocenters. The largest absolute Gasteiger partial charge is 0.497 e. The van der Waals surface area contributed by atoms with Crippen molar-refractivity contribution >= 4 is 10.0 Å². The molecule has 1 saturated carbocycles. The average Bonchev–Trinajstić information content (AvgIpc) is 3.04. The SMILES string of the molecule is COC[C@]12CCC[C@H]1CN(S(=O)(=O)c1cccc(OC)c1)C2. The van der Waals surface area contributed by atoms with E-state index in [1.165, 1.54) is 6.42 Å². The number of ether oxygens (including phenoxy) is 2. The Bertz CT molecular complexity index is 645. The van der Waals surface area contributed by atoms with Crippen LogP contribution in [0, 0.1) is 11.3 Å². The fourth-order valence-electron chi connectivity index (χ4n) is 3.98. The number of methoxy groups -OCH3 is 2. The molecule has 122 valence electrons. The predicted octanol–water partition coefficient (Wildman–Crippen LogP) is 2.13. The highest BCUT2D eigenvalue weighted by atomic mass is 32.2. The first-order valence-electron chi connectivity index (χ1n) is 7.65. The molecular formula is C16H23NO4S. The maximum absolute atomic E-state index is 12.9. The molecule has 2 fully saturated rings. The van der Waals surface area contributed by atoms with Gasteiger partial charge in [-0.05, 0) is 30.9 Å². The molecule has 2 aliphatic rings.